The fourth-order valence-corrected chi connectivity index (χ4v) is 6.62. The SMILES string of the molecule is Nc1ncccc1-c1nc2ccc(-c3ccccc3)nc2n1-c1ccc(C2CN(CC3CCC(C(=O)O)CC3)C2)c(F)c1. The molecule has 1 saturated carbocycles. The van der Waals surface area contributed by atoms with Crippen molar-refractivity contribution in [3.8, 4) is 28.3 Å². The second kappa shape index (κ2) is 11.2. The van der Waals surface area contributed by atoms with Gasteiger partial charge in [0.05, 0.1) is 22.9 Å². The van der Waals surface area contributed by atoms with Gasteiger partial charge in [0, 0.05) is 37.3 Å². The van der Waals surface area contributed by atoms with Crippen LogP contribution in [-0.4, -0.2) is 55.1 Å². The average Bonchev–Trinajstić information content (AvgIpc) is 3.38. The summed E-state index contributed by atoms with van der Waals surface area (Å²) >= 11 is 0. The molecule has 0 bridgehead atoms. The van der Waals surface area contributed by atoms with Crippen LogP contribution in [0.5, 0.6) is 0 Å². The van der Waals surface area contributed by atoms with E-state index in [1.807, 2.05) is 71.3 Å². The molecule has 0 unspecified atom stereocenters. The lowest BCUT2D eigenvalue weighted by Gasteiger charge is -2.42. The molecule has 0 spiro atoms. The predicted octanol–water partition coefficient (Wildman–Crippen LogP) is 6.16. The van der Waals surface area contributed by atoms with E-state index in [9.17, 15) is 9.90 Å². The number of nitrogen functional groups attached to an aromatic ring is 1. The highest BCUT2D eigenvalue weighted by molar-refractivity contribution is 5.84. The molecule has 2 aliphatic rings. The van der Waals surface area contributed by atoms with E-state index in [1.165, 1.54) is 0 Å². The standard InChI is InChI=1S/C34H33FN6O2/c35-28-17-25(12-13-26(28)24-19-40(20-24)18-21-8-10-23(11-9-21)34(42)43)41-32(27-7-4-16-37-31(27)36)39-30-15-14-29(38-33(30)41)22-5-2-1-3-6-22/h1-7,12-17,21,23-24H,8-11,18-20H2,(H2,36,37)(H,42,43). The van der Waals surface area contributed by atoms with Crippen LogP contribution in [0.4, 0.5) is 10.2 Å². The van der Waals surface area contributed by atoms with Crippen molar-refractivity contribution in [3.05, 3.63) is 90.4 Å². The topological polar surface area (TPSA) is 110 Å². The number of benzene rings is 2. The summed E-state index contributed by atoms with van der Waals surface area (Å²) in [5.41, 5.74) is 11.3. The minimum atomic E-state index is -0.673. The van der Waals surface area contributed by atoms with Gasteiger partial charge in [-0.3, -0.25) is 9.36 Å². The van der Waals surface area contributed by atoms with Crippen molar-refractivity contribution in [3.63, 3.8) is 0 Å². The summed E-state index contributed by atoms with van der Waals surface area (Å²) in [5.74, 6) is 0.410. The molecule has 3 aromatic heterocycles. The van der Waals surface area contributed by atoms with E-state index in [0.717, 1.165) is 56.6 Å². The van der Waals surface area contributed by atoms with Crippen LogP contribution in [0.2, 0.25) is 0 Å². The summed E-state index contributed by atoms with van der Waals surface area (Å²) in [5, 5.41) is 9.26. The number of likely N-dealkylation sites (tertiary alicyclic amines) is 1. The first kappa shape index (κ1) is 27.2. The first-order chi connectivity index (χ1) is 20.9. The Labute approximate surface area is 249 Å². The molecule has 43 heavy (non-hydrogen) atoms. The molecule has 0 amide bonds. The van der Waals surface area contributed by atoms with Gasteiger partial charge in [-0.05, 0) is 73.6 Å². The lowest BCUT2D eigenvalue weighted by Crippen LogP contribution is -2.47. The molecule has 2 fully saturated rings. The molecule has 0 atom stereocenters. The van der Waals surface area contributed by atoms with Gasteiger partial charge in [-0.15, -0.1) is 0 Å². The molecule has 5 aromatic rings. The van der Waals surface area contributed by atoms with Crippen LogP contribution in [-0.2, 0) is 4.79 Å². The van der Waals surface area contributed by atoms with E-state index in [-0.39, 0.29) is 17.7 Å². The molecule has 4 heterocycles. The van der Waals surface area contributed by atoms with Crippen LogP contribution >= 0.6 is 0 Å². The maximum absolute atomic E-state index is 15.8. The number of nitrogens with zero attached hydrogens (tertiary/aromatic N) is 5. The molecule has 1 saturated heterocycles. The maximum atomic E-state index is 15.8. The van der Waals surface area contributed by atoms with Gasteiger partial charge < -0.3 is 15.7 Å². The number of pyridine rings is 2. The van der Waals surface area contributed by atoms with Crippen molar-refractivity contribution in [1.82, 2.24) is 24.4 Å². The molecule has 3 N–H and O–H groups in total. The number of halogens is 1. The van der Waals surface area contributed by atoms with Crippen LogP contribution in [0, 0.1) is 17.7 Å². The number of fused-ring (bicyclic) bond motifs is 1. The molecule has 2 aromatic carbocycles. The molecular weight excluding hydrogens is 543 g/mol. The number of carboxylic acid groups (broad SMARTS) is 1. The van der Waals surface area contributed by atoms with Crippen LogP contribution in [0.25, 0.3) is 39.5 Å². The zero-order chi connectivity index (χ0) is 29.5. The Balaban J connectivity index is 1.17. The van der Waals surface area contributed by atoms with E-state index in [1.54, 1.807) is 12.3 Å². The molecule has 7 rings (SSSR count). The van der Waals surface area contributed by atoms with E-state index < -0.39 is 5.97 Å². The number of anilines is 1. The smallest absolute Gasteiger partial charge is 0.306 e. The summed E-state index contributed by atoms with van der Waals surface area (Å²) in [6, 6.07) is 22.8. The summed E-state index contributed by atoms with van der Waals surface area (Å²) in [6.07, 6.45) is 5.04. The fraction of sp³-hybridized carbons (Fsp3) is 0.294. The number of hydrogen-bond acceptors (Lipinski definition) is 6. The van der Waals surface area contributed by atoms with Crippen molar-refractivity contribution >= 4 is 23.0 Å². The molecule has 1 aliphatic carbocycles. The Bertz CT molecular complexity index is 1790. The molecule has 9 heteroatoms. The minimum Gasteiger partial charge on any atom is -0.481 e. The highest BCUT2D eigenvalue weighted by atomic mass is 19.1. The summed E-state index contributed by atoms with van der Waals surface area (Å²) in [6.45, 7) is 2.57. The molecule has 0 radical (unpaired) electrons. The molecule has 1 aliphatic heterocycles. The first-order valence-corrected chi connectivity index (χ1v) is 14.9. The number of rotatable bonds is 7. The zero-order valence-electron chi connectivity index (χ0n) is 23.7. The van der Waals surface area contributed by atoms with Gasteiger partial charge in [-0.1, -0.05) is 36.4 Å². The van der Waals surface area contributed by atoms with E-state index >= 15 is 4.39 Å². The number of aromatic nitrogens is 4. The van der Waals surface area contributed by atoms with Gasteiger partial charge in [-0.25, -0.2) is 19.3 Å². The highest BCUT2D eigenvalue weighted by Gasteiger charge is 2.34. The monoisotopic (exact) mass is 576 g/mol. The first-order valence-electron chi connectivity index (χ1n) is 14.9. The molecule has 8 nitrogen and oxygen atoms in total. The highest BCUT2D eigenvalue weighted by Crippen LogP contribution is 2.36. The zero-order valence-corrected chi connectivity index (χ0v) is 23.7. The third-order valence-electron chi connectivity index (χ3n) is 9.01. The number of nitrogens with two attached hydrogens (primary N) is 1. The summed E-state index contributed by atoms with van der Waals surface area (Å²) in [7, 11) is 0. The number of carboxylic acids is 1. The van der Waals surface area contributed by atoms with Gasteiger partial charge in [-0.2, -0.15) is 0 Å². The number of hydrogen-bond donors (Lipinski definition) is 2. The van der Waals surface area contributed by atoms with E-state index in [0.29, 0.717) is 45.5 Å². The predicted molar refractivity (Wildman–Crippen MR) is 164 cm³/mol. The number of imidazole rings is 1. The van der Waals surface area contributed by atoms with Crippen molar-refractivity contribution in [1.29, 1.82) is 0 Å². The normalized spacial score (nSPS) is 19.4. The summed E-state index contributed by atoms with van der Waals surface area (Å²) < 4.78 is 17.7. The van der Waals surface area contributed by atoms with Crippen molar-refractivity contribution < 1.29 is 14.3 Å². The largest absolute Gasteiger partial charge is 0.481 e. The number of aliphatic carboxylic acids is 1. The van der Waals surface area contributed by atoms with Gasteiger partial charge >= 0.3 is 5.97 Å². The van der Waals surface area contributed by atoms with Gasteiger partial charge in [0.15, 0.2) is 11.5 Å². The maximum Gasteiger partial charge on any atom is 0.306 e. The third kappa shape index (κ3) is 5.25. The quantitative estimate of drug-likeness (QED) is 0.239. The van der Waals surface area contributed by atoms with Crippen LogP contribution in [0.1, 0.15) is 37.2 Å². The Morgan fingerprint density at radius 3 is 2.47 bits per heavy atom. The average molecular weight is 577 g/mol. The van der Waals surface area contributed by atoms with Crippen LogP contribution < -0.4 is 5.73 Å². The van der Waals surface area contributed by atoms with E-state index in [4.69, 9.17) is 15.7 Å². The fourth-order valence-electron chi connectivity index (χ4n) is 6.62. The van der Waals surface area contributed by atoms with Crippen LogP contribution in [0.3, 0.4) is 0 Å². The lowest BCUT2D eigenvalue weighted by molar-refractivity contribution is -0.143. The van der Waals surface area contributed by atoms with Crippen LogP contribution in [0.15, 0.2) is 79.0 Å². The second-order valence-corrected chi connectivity index (χ2v) is 11.8. The van der Waals surface area contributed by atoms with Crippen molar-refractivity contribution in [2.45, 2.75) is 31.6 Å². The Morgan fingerprint density at radius 1 is 0.953 bits per heavy atom. The van der Waals surface area contributed by atoms with Gasteiger partial charge in [0.25, 0.3) is 0 Å². The van der Waals surface area contributed by atoms with Crippen molar-refractivity contribution in [2.75, 3.05) is 25.4 Å². The molecular formula is C34H33FN6O2. The lowest BCUT2D eigenvalue weighted by atomic mass is 9.80. The van der Waals surface area contributed by atoms with E-state index in [2.05, 4.69) is 9.88 Å². The third-order valence-corrected chi connectivity index (χ3v) is 9.01. The van der Waals surface area contributed by atoms with Crippen molar-refractivity contribution in [2.24, 2.45) is 11.8 Å². The van der Waals surface area contributed by atoms with Gasteiger partial charge in [0.2, 0.25) is 0 Å². The Hall–Kier alpha value is -4.63. The second-order valence-electron chi connectivity index (χ2n) is 11.8. The number of carbonyl (C=O) groups is 1. The minimum absolute atomic E-state index is 0.125. The van der Waals surface area contributed by atoms with Gasteiger partial charge in [0.1, 0.15) is 17.2 Å². The summed E-state index contributed by atoms with van der Waals surface area (Å²) in [4.78, 5) is 27.7. The Kier molecular flexibility index (Phi) is 7.10. The Morgan fingerprint density at radius 2 is 1.74 bits per heavy atom. The molecule has 218 valence electrons.